The highest BCUT2D eigenvalue weighted by Crippen LogP contribution is 2.36. The molecule has 1 aliphatic heterocycles. The maximum absolute atomic E-state index is 12.4. The molecule has 1 fully saturated rings. The standard InChI is InChI=1S/C16H22F3NO/c1-2-9-15(10-4-3-5-11-20-15)13-7-6-8-14(12-13)21-16(17,18)19/h6-8,12,20H,2-5,9-11H2,1H3. The van der Waals surface area contributed by atoms with Crippen LogP contribution in [-0.2, 0) is 5.54 Å². The van der Waals surface area contributed by atoms with Gasteiger partial charge in [0.2, 0.25) is 0 Å². The Kier molecular flexibility index (Phi) is 5.14. The maximum Gasteiger partial charge on any atom is 0.573 e. The first-order chi connectivity index (χ1) is 9.95. The molecule has 0 amide bonds. The van der Waals surface area contributed by atoms with Crippen molar-refractivity contribution in [2.75, 3.05) is 6.54 Å². The van der Waals surface area contributed by atoms with Gasteiger partial charge in [0.1, 0.15) is 5.75 Å². The SMILES string of the molecule is CCCC1(c2cccc(OC(F)(F)F)c2)CCCCCN1. The first-order valence-electron chi connectivity index (χ1n) is 7.56. The van der Waals surface area contributed by atoms with Crippen molar-refractivity contribution in [1.82, 2.24) is 5.32 Å². The second-order valence-corrected chi connectivity index (χ2v) is 5.65. The van der Waals surface area contributed by atoms with Crippen LogP contribution in [0.5, 0.6) is 5.75 Å². The summed E-state index contributed by atoms with van der Waals surface area (Å²) in [5.74, 6) is -0.137. The Morgan fingerprint density at radius 3 is 2.76 bits per heavy atom. The molecule has 0 aliphatic carbocycles. The molecule has 0 radical (unpaired) electrons. The number of hydrogen-bond donors (Lipinski definition) is 1. The zero-order valence-corrected chi connectivity index (χ0v) is 12.3. The van der Waals surface area contributed by atoms with E-state index in [9.17, 15) is 13.2 Å². The fourth-order valence-electron chi connectivity index (χ4n) is 3.17. The first kappa shape index (κ1) is 16.1. The predicted molar refractivity (Wildman–Crippen MR) is 76.2 cm³/mol. The molecule has 5 heteroatoms. The summed E-state index contributed by atoms with van der Waals surface area (Å²) in [7, 11) is 0. The highest BCUT2D eigenvalue weighted by atomic mass is 19.4. The molecule has 0 spiro atoms. The van der Waals surface area contributed by atoms with Crippen molar-refractivity contribution in [3.63, 3.8) is 0 Å². The Hall–Kier alpha value is -1.23. The van der Waals surface area contributed by atoms with Crippen LogP contribution in [-0.4, -0.2) is 12.9 Å². The highest BCUT2D eigenvalue weighted by Gasteiger charge is 2.34. The minimum Gasteiger partial charge on any atom is -0.406 e. The smallest absolute Gasteiger partial charge is 0.406 e. The number of benzene rings is 1. The molecule has 1 aromatic carbocycles. The molecule has 0 saturated carbocycles. The van der Waals surface area contributed by atoms with Gasteiger partial charge in [0, 0.05) is 5.54 Å². The Labute approximate surface area is 123 Å². The summed E-state index contributed by atoms with van der Waals surface area (Å²) in [6.07, 6.45) is 1.59. The molecule has 0 bridgehead atoms. The third kappa shape index (κ3) is 4.37. The highest BCUT2D eigenvalue weighted by molar-refractivity contribution is 5.34. The summed E-state index contributed by atoms with van der Waals surface area (Å²) in [5, 5.41) is 3.57. The topological polar surface area (TPSA) is 21.3 Å². The lowest BCUT2D eigenvalue weighted by Gasteiger charge is -2.34. The maximum atomic E-state index is 12.4. The van der Waals surface area contributed by atoms with Crippen LogP contribution in [0.1, 0.15) is 51.0 Å². The first-order valence-corrected chi connectivity index (χ1v) is 7.56. The van der Waals surface area contributed by atoms with E-state index in [-0.39, 0.29) is 11.3 Å². The average molecular weight is 301 g/mol. The molecular formula is C16H22F3NO. The summed E-state index contributed by atoms with van der Waals surface area (Å²) in [6, 6.07) is 6.42. The zero-order chi connectivity index (χ0) is 15.3. The fourth-order valence-corrected chi connectivity index (χ4v) is 3.17. The number of halogens is 3. The van der Waals surface area contributed by atoms with Crippen LogP contribution in [0.3, 0.4) is 0 Å². The molecular weight excluding hydrogens is 279 g/mol. The average Bonchev–Trinajstić information content (AvgIpc) is 2.64. The monoisotopic (exact) mass is 301 g/mol. The van der Waals surface area contributed by atoms with E-state index in [1.54, 1.807) is 6.07 Å². The van der Waals surface area contributed by atoms with Crippen molar-refractivity contribution in [2.24, 2.45) is 0 Å². The van der Waals surface area contributed by atoms with Crippen molar-refractivity contribution in [1.29, 1.82) is 0 Å². The second kappa shape index (κ2) is 6.69. The van der Waals surface area contributed by atoms with Gasteiger partial charge < -0.3 is 10.1 Å². The van der Waals surface area contributed by atoms with Crippen molar-refractivity contribution in [2.45, 2.75) is 57.3 Å². The van der Waals surface area contributed by atoms with Crippen LogP contribution in [0.15, 0.2) is 24.3 Å². The number of ether oxygens (including phenoxy) is 1. The third-order valence-corrected chi connectivity index (χ3v) is 4.04. The zero-order valence-electron chi connectivity index (χ0n) is 12.3. The lowest BCUT2D eigenvalue weighted by molar-refractivity contribution is -0.274. The van der Waals surface area contributed by atoms with Crippen LogP contribution >= 0.6 is 0 Å². The van der Waals surface area contributed by atoms with Crippen LogP contribution in [0.4, 0.5) is 13.2 Å². The molecule has 2 rings (SSSR count). The van der Waals surface area contributed by atoms with Crippen molar-refractivity contribution < 1.29 is 17.9 Å². The Bertz CT molecular complexity index is 451. The van der Waals surface area contributed by atoms with Gasteiger partial charge in [-0.2, -0.15) is 0 Å². The lowest BCUT2D eigenvalue weighted by atomic mass is 9.82. The summed E-state index contributed by atoms with van der Waals surface area (Å²) in [4.78, 5) is 0. The van der Waals surface area contributed by atoms with Gasteiger partial charge >= 0.3 is 6.36 Å². The number of rotatable bonds is 4. The van der Waals surface area contributed by atoms with Crippen LogP contribution < -0.4 is 10.1 Å². The van der Waals surface area contributed by atoms with Gasteiger partial charge in [0.15, 0.2) is 0 Å². The number of alkyl halides is 3. The Morgan fingerprint density at radius 1 is 1.24 bits per heavy atom. The van der Waals surface area contributed by atoms with Gasteiger partial charge in [-0.3, -0.25) is 0 Å². The molecule has 1 atom stereocenters. The lowest BCUT2D eigenvalue weighted by Crippen LogP contribution is -2.41. The number of hydrogen-bond acceptors (Lipinski definition) is 2. The Balaban J connectivity index is 2.29. The normalized spacial score (nSPS) is 23.6. The minimum absolute atomic E-state index is 0.137. The van der Waals surface area contributed by atoms with Gasteiger partial charge in [-0.15, -0.1) is 13.2 Å². The quantitative estimate of drug-likeness (QED) is 0.867. The van der Waals surface area contributed by atoms with Gasteiger partial charge in [0.05, 0.1) is 0 Å². The van der Waals surface area contributed by atoms with E-state index in [0.29, 0.717) is 0 Å². The number of nitrogens with one attached hydrogen (secondary N) is 1. The largest absolute Gasteiger partial charge is 0.573 e. The molecule has 1 saturated heterocycles. The van der Waals surface area contributed by atoms with Crippen LogP contribution in [0.2, 0.25) is 0 Å². The summed E-state index contributed by atoms with van der Waals surface area (Å²) in [6.45, 7) is 3.01. The summed E-state index contributed by atoms with van der Waals surface area (Å²) >= 11 is 0. The molecule has 21 heavy (non-hydrogen) atoms. The van der Waals surface area contributed by atoms with Gasteiger partial charge in [-0.05, 0) is 43.5 Å². The molecule has 118 valence electrons. The minimum atomic E-state index is -4.65. The van der Waals surface area contributed by atoms with E-state index in [4.69, 9.17) is 0 Å². The molecule has 1 heterocycles. The fraction of sp³-hybridized carbons (Fsp3) is 0.625. The van der Waals surface area contributed by atoms with E-state index in [1.165, 1.54) is 12.1 Å². The van der Waals surface area contributed by atoms with E-state index in [0.717, 1.165) is 50.6 Å². The van der Waals surface area contributed by atoms with E-state index < -0.39 is 6.36 Å². The van der Waals surface area contributed by atoms with Gasteiger partial charge in [0.25, 0.3) is 0 Å². The van der Waals surface area contributed by atoms with Gasteiger partial charge in [-0.1, -0.05) is 38.3 Å². The molecule has 2 nitrogen and oxygen atoms in total. The Morgan fingerprint density at radius 2 is 2.05 bits per heavy atom. The van der Waals surface area contributed by atoms with Crippen molar-refractivity contribution in [3.8, 4) is 5.75 Å². The molecule has 1 aliphatic rings. The van der Waals surface area contributed by atoms with Crippen LogP contribution in [0.25, 0.3) is 0 Å². The van der Waals surface area contributed by atoms with Crippen molar-refractivity contribution in [3.05, 3.63) is 29.8 Å². The van der Waals surface area contributed by atoms with Gasteiger partial charge in [-0.25, -0.2) is 0 Å². The summed E-state index contributed by atoms with van der Waals surface area (Å²) < 4.78 is 41.2. The second-order valence-electron chi connectivity index (χ2n) is 5.65. The summed E-state index contributed by atoms with van der Waals surface area (Å²) in [5.41, 5.74) is 0.670. The van der Waals surface area contributed by atoms with E-state index >= 15 is 0 Å². The molecule has 1 aromatic rings. The van der Waals surface area contributed by atoms with Crippen LogP contribution in [0, 0.1) is 0 Å². The van der Waals surface area contributed by atoms with E-state index in [2.05, 4.69) is 17.0 Å². The van der Waals surface area contributed by atoms with Crippen molar-refractivity contribution >= 4 is 0 Å². The van der Waals surface area contributed by atoms with E-state index in [1.807, 2.05) is 6.07 Å². The third-order valence-electron chi connectivity index (χ3n) is 4.04. The predicted octanol–water partition coefficient (Wildman–Crippen LogP) is 4.74. The molecule has 1 N–H and O–H groups in total. The molecule has 0 aromatic heterocycles. The molecule has 1 unspecified atom stereocenters.